The van der Waals surface area contributed by atoms with Crippen LogP contribution in [0.25, 0.3) is 0 Å². The van der Waals surface area contributed by atoms with E-state index in [0.29, 0.717) is 0 Å². The highest BCUT2D eigenvalue weighted by Gasteiger charge is 2.21. The number of halogens is 1. The van der Waals surface area contributed by atoms with Crippen molar-refractivity contribution in [1.82, 2.24) is 15.4 Å². The molecule has 1 aromatic rings. The molecule has 116 valence electrons. The summed E-state index contributed by atoms with van der Waals surface area (Å²) in [5.41, 5.74) is 2.45. The lowest BCUT2D eigenvalue weighted by Crippen LogP contribution is -2.34. The van der Waals surface area contributed by atoms with E-state index in [1.54, 1.807) is 0 Å². The predicted octanol–water partition coefficient (Wildman–Crippen LogP) is 2.79. The Morgan fingerprint density at radius 1 is 1.35 bits per heavy atom. The molecule has 0 bridgehead atoms. The Kier molecular flexibility index (Phi) is 7.56. The summed E-state index contributed by atoms with van der Waals surface area (Å²) in [7, 11) is 2.04. The molecule has 0 saturated carbocycles. The first kappa shape index (κ1) is 17.5. The number of nitrogens with zero attached hydrogens (tertiary/aromatic N) is 2. The molecule has 1 fully saturated rings. The van der Waals surface area contributed by atoms with E-state index in [2.05, 4.69) is 22.3 Å². The molecule has 2 rings (SSSR count). The van der Waals surface area contributed by atoms with Crippen LogP contribution in [-0.2, 0) is 13.0 Å². The van der Waals surface area contributed by atoms with Crippen LogP contribution in [0.2, 0.25) is 0 Å². The van der Waals surface area contributed by atoms with E-state index in [1.165, 1.54) is 37.9 Å². The van der Waals surface area contributed by atoms with Gasteiger partial charge >= 0.3 is 0 Å². The van der Waals surface area contributed by atoms with Crippen molar-refractivity contribution >= 4 is 12.4 Å². The third-order valence-electron chi connectivity index (χ3n) is 4.29. The number of aromatic nitrogens is 1. The van der Waals surface area contributed by atoms with Gasteiger partial charge in [0.25, 0.3) is 0 Å². The van der Waals surface area contributed by atoms with E-state index in [1.807, 2.05) is 14.0 Å². The number of hydrogen-bond acceptors (Lipinski definition) is 4. The maximum atomic E-state index is 5.32. The summed E-state index contributed by atoms with van der Waals surface area (Å²) < 4.78 is 5.32. The van der Waals surface area contributed by atoms with E-state index < -0.39 is 0 Å². The Morgan fingerprint density at radius 2 is 2.05 bits per heavy atom. The quantitative estimate of drug-likeness (QED) is 0.877. The van der Waals surface area contributed by atoms with Gasteiger partial charge in [-0.05, 0) is 65.2 Å². The summed E-state index contributed by atoms with van der Waals surface area (Å²) in [5, 5.41) is 7.40. The monoisotopic (exact) mass is 301 g/mol. The molecule has 0 aromatic carbocycles. The average Bonchev–Trinajstić information content (AvgIpc) is 2.79. The molecule has 0 spiro atoms. The maximum absolute atomic E-state index is 5.32. The van der Waals surface area contributed by atoms with Crippen LogP contribution in [0.1, 0.15) is 43.2 Å². The Morgan fingerprint density at radius 3 is 2.65 bits per heavy atom. The molecule has 0 atom stereocenters. The summed E-state index contributed by atoms with van der Waals surface area (Å²) in [4.78, 5) is 2.55. The van der Waals surface area contributed by atoms with Crippen molar-refractivity contribution in [2.75, 3.05) is 26.7 Å². The highest BCUT2D eigenvalue weighted by atomic mass is 35.5. The number of hydrogen-bond donors (Lipinski definition) is 1. The van der Waals surface area contributed by atoms with Crippen molar-refractivity contribution in [2.45, 2.75) is 46.1 Å². The van der Waals surface area contributed by atoms with E-state index >= 15 is 0 Å². The van der Waals surface area contributed by atoms with Gasteiger partial charge in [-0.15, -0.1) is 12.4 Å². The summed E-state index contributed by atoms with van der Waals surface area (Å²) in [6.45, 7) is 8.75. The Hall–Kier alpha value is -0.580. The molecule has 0 unspecified atom stereocenters. The first-order valence-electron chi connectivity index (χ1n) is 7.55. The number of rotatable bonds is 6. The van der Waals surface area contributed by atoms with E-state index in [-0.39, 0.29) is 12.4 Å². The van der Waals surface area contributed by atoms with Crippen LogP contribution in [0.5, 0.6) is 0 Å². The van der Waals surface area contributed by atoms with Crippen LogP contribution in [0.4, 0.5) is 0 Å². The average molecular weight is 302 g/mol. The Labute approximate surface area is 128 Å². The number of nitrogens with one attached hydrogen (secondary N) is 1. The SMILES string of the molecule is CCc1noc(C)c1CN1CCC(CCNC)CC1.Cl. The molecule has 20 heavy (non-hydrogen) atoms. The van der Waals surface area contributed by atoms with Gasteiger partial charge in [-0.2, -0.15) is 0 Å². The van der Waals surface area contributed by atoms with Crippen molar-refractivity contribution < 1.29 is 4.52 Å². The molecule has 4 nitrogen and oxygen atoms in total. The first-order chi connectivity index (χ1) is 9.24. The maximum Gasteiger partial charge on any atom is 0.138 e. The Balaban J connectivity index is 0.00000200. The summed E-state index contributed by atoms with van der Waals surface area (Å²) in [6.07, 6.45) is 4.93. The lowest BCUT2D eigenvalue weighted by Gasteiger charge is -2.31. The van der Waals surface area contributed by atoms with Crippen LogP contribution >= 0.6 is 12.4 Å². The van der Waals surface area contributed by atoms with Gasteiger partial charge in [0, 0.05) is 12.1 Å². The van der Waals surface area contributed by atoms with Gasteiger partial charge < -0.3 is 9.84 Å². The largest absolute Gasteiger partial charge is 0.361 e. The lowest BCUT2D eigenvalue weighted by molar-refractivity contribution is 0.171. The second-order valence-corrected chi connectivity index (χ2v) is 5.63. The van der Waals surface area contributed by atoms with Gasteiger partial charge in [-0.3, -0.25) is 4.90 Å². The van der Waals surface area contributed by atoms with Crippen molar-refractivity contribution in [3.05, 3.63) is 17.0 Å². The second kappa shape index (κ2) is 8.65. The second-order valence-electron chi connectivity index (χ2n) is 5.63. The van der Waals surface area contributed by atoms with Gasteiger partial charge in [0.1, 0.15) is 5.76 Å². The third kappa shape index (κ3) is 4.47. The minimum atomic E-state index is 0. The molecule has 1 N–H and O–H groups in total. The zero-order valence-corrected chi connectivity index (χ0v) is 13.8. The zero-order chi connectivity index (χ0) is 13.7. The van der Waals surface area contributed by atoms with Crippen LogP contribution in [0.15, 0.2) is 4.52 Å². The van der Waals surface area contributed by atoms with Crippen LogP contribution in [0, 0.1) is 12.8 Å². The zero-order valence-electron chi connectivity index (χ0n) is 12.9. The molecule has 1 saturated heterocycles. The standard InChI is InChI=1S/C15H27N3O.ClH/c1-4-15-14(12(2)19-17-15)11-18-9-6-13(7-10-18)5-8-16-3;/h13,16H,4-11H2,1-3H3;1H. The molecule has 0 radical (unpaired) electrons. The van der Waals surface area contributed by atoms with Gasteiger partial charge in [0.15, 0.2) is 0 Å². The van der Waals surface area contributed by atoms with Crippen LogP contribution in [0.3, 0.4) is 0 Å². The van der Waals surface area contributed by atoms with Crippen molar-refractivity contribution in [3.63, 3.8) is 0 Å². The van der Waals surface area contributed by atoms with Gasteiger partial charge in [0.05, 0.1) is 5.69 Å². The number of likely N-dealkylation sites (tertiary alicyclic amines) is 1. The smallest absolute Gasteiger partial charge is 0.138 e. The molecule has 0 aliphatic carbocycles. The summed E-state index contributed by atoms with van der Waals surface area (Å²) in [6, 6.07) is 0. The number of piperidine rings is 1. The molecule has 1 aliphatic heterocycles. The molecule has 0 amide bonds. The highest BCUT2D eigenvalue weighted by Crippen LogP contribution is 2.23. The predicted molar refractivity (Wildman–Crippen MR) is 84.4 cm³/mol. The molecule has 5 heteroatoms. The summed E-state index contributed by atoms with van der Waals surface area (Å²) >= 11 is 0. The fraction of sp³-hybridized carbons (Fsp3) is 0.800. The van der Waals surface area contributed by atoms with E-state index in [9.17, 15) is 0 Å². The van der Waals surface area contributed by atoms with E-state index in [0.717, 1.165) is 36.9 Å². The van der Waals surface area contributed by atoms with Crippen molar-refractivity contribution in [3.8, 4) is 0 Å². The van der Waals surface area contributed by atoms with Gasteiger partial charge in [-0.25, -0.2) is 0 Å². The minimum Gasteiger partial charge on any atom is -0.361 e. The van der Waals surface area contributed by atoms with Crippen LogP contribution < -0.4 is 5.32 Å². The summed E-state index contributed by atoms with van der Waals surface area (Å²) in [5.74, 6) is 1.90. The highest BCUT2D eigenvalue weighted by molar-refractivity contribution is 5.85. The molecular formula is C15H28ClN3O. The van der Waals surface area contributed by atoms with Crippen LogP contribution in [-0.4, -0.2) is 36.7 Å². The Bertz CT molecular complexity index is 386. The topological polar surface area (TPSA) is 41.3 Å². The van der Waals surface area contributed by atoms with Gasteiger partial charge in [-0.1, -0.05) is 12.1 Å². The normalized spacial score (nSPS) is 17.1. The third-order valence-corrected chi connectivity index (χ3v) is 4.29. The molecule has 2 heterocycles. The first-order valence-corrected chi connectivity index (χ1v) is 7.55. The van der Waals surface area contributed by atoms with Crippen molar-refractivity contribution in [1.29, 1.82) is 0 Å². The van der Waals surface area contributed by atoms with E-state index in [4.69, 9.17) is 4.52 Å². The minimum absolute atomic E-state index is 0. The molecule has 1 aliphatic rings. The van der Waals surface area contributed by atoms with Crippen molar-refractivity contribution in [2.24, 2.45) is 5.92 Å². The lowest BCUT2D eigenvalue weighted by atomic mass is 9.93. The fourth-order valence-electron chi connectivity index (χ4n) is 2.92. The number of aryl methyl sites for hydroxylation is 2. The molecule has 1 aromatic heterocycles. The fourth-order valence-corrected chi connectivity index (χ4v) is 2.92. The van der Waals surface area contributed by atoms with Gasteiger partial charge in [0.2, 0.25) is 0 Å². The molecular weight excluding hydrogens is 274 g/mol.